The second-order valence-electron chi connectivity index (χ2n) is 4.61. The van der Waals surface area contributed by atoms with Crippen LogP contribution in [0.15, 0.2) is 41.1 Å². The van der Waals surface area contributed by atoms with Gasteiger partial charge in [0, 0.05) is 12.1 Å². The van der Waals surface area contributed by atoms with Gasteiger partial charge < -0.3 is 9.15 Å². The molecule has 0 unspecified atom stereocenters. The fraction of sp³-hybridized carbons (Fsp3) is 0.0667. The van der Waals surface area contributed by atoms with Crippen LogP contribution in [0.4, 0.5) is 4.39 Å². The zero-order chi connectivity index (χ0) is 15.1. The molecule has 0 fully saturated rings. The molecule has 0 amide bonds. The van der Waals surface area contributed by atoms with Crippen LogP contribution in [-0.4, -0.2) is 22.3 Å². The van der Waals surface area contributed by atoms with E-state index in [1.54, 1.807) is 24.6 Å². The largest absolute Gasteiger partial charge is 0.494 e. The van der Waals surface area contributed by atoms with E-state index < -0.39 is 5.82 Å². The molecule has 0 saturated heterocycles. The molecule has 110 valence electrons. The number of ether oxygens (including phenoxy) is 1. The molecule has 0 saturated carbocycles. The van der Waals surface area contributed by atoms with Crippen LogP contribution in [-0.2, 0) is 0 Å². The fourth-order valence-corrected chi connectivity index (χ4v) is 3.25. The second kappa shape index (κ2) is 4.96. The van der Waals surface area contributed by atoms with E-state index in [9.17, 15) is 4.39 Å². The van der Waals surface area contributed by atoms with Crippen molar-refractivity contribution in [2.75, 3.05) is 7.11 Å². The highest BCUT2D eigenvalue weighted by atomic mass is 32.1. The van der Waals surface area contributed by atoms with Crippen LogP contribution < -0.4 is 4.74 Å². The highest BCUT2D eigenvalue weighted by Gasteiger charge is 2.17. The van der Waals surface area contributed by atoms with Crippen molar-refractivity contribution < 1.29 is 13.5 Å². The summed E-state index contributed by atoms with van der Waals surface area (Å²) in [5.41, 5.74) is 2.15. The minimum Gasteiger partial charge on any atom is -0.494 e. The van der Waals surface area contributed by atoms with Crippen LogP contribution in [0.2, 0.25) is 0 Å². The van der Waals surface area contributed by atoms with Gasteiger partial charge in [0.1, 0.15) is 10.7 Å². The Morgan fingerprint density at radius 2 is 2.27 bits per heavy atom. The topological polar surface area (TPSA) is 63.9 Å². The lowest BCUT2D eigenvalue weighted by atomic mass is 10.2. The first-order valence-corrected chi connectivity index (χ1v) is 7.29. The number of aromatic nitrogens is 3. The van der Waals surface area contributed by atoms with Gasteiger partial charge in [0.25, 0.3) is 0 Å². The van der Waals surface area contributed by atoms with E-state index in [4.69, 9.17) is 9.15 Å². The monoisotopic (exact) mass is 315 g/mol. The Bertz CT molecular complexity index is 943. The van der Waals surface area contributed by atoms with Crippen molar-refractivity contribution in [3.63, 3.8) is 0 Å². The van der Waals surface area contributed by atoms with Gasteiger partial charge in [-0.15, -0.1) is 11.3 Å². The van der Waals surface area contributed by atoms with Crippen LogP contribution in [0.3, 0.4) is 0 Å². The van der Waals surface area contributed by atoms with Crippen LogP contribution >= 0.6 is 11.3 Å². The Hall–Kier alpha value is -2.67. The smallest absolute Gasteiger partial charge is 0.167 e. The molecule has 0 aliphatic carbocycles. The molecular weight excluding hydrogens is 305 g/mol. The van der Waals surface area contributed by atoms with Gasteiger partial charge in [-0.1, -0.05) is 0 Å². The number of furan rings is 1. The molecule has 3 aromatic heterocycles. The average molecular weight is 315 g/mol. The molecule has 0 aliphatic heterocycles. The molecule has 1 aromatic carbocycles. The Morgan fingerprint density at radius 3 is 3.05 bits per heavy atom. The van der Waals surface area contributed by atoms with E-state index in [2.05, 4.69) is 15.2 Å². The van der Waals surface area contributed by atoms with Gasteiger partial charge in [-0.25, -0.2) is 9.37 Å². The molecular formula is C15H10FN3O2S. The fourth-order valence-electron chi connectivity index (χ4n) is 2.26. The van der Waals surface area contributed by atoms with Crippen LogP contribution in [0.5, 0.6) is 5.75 Å². The van der Waals surface area contributed by atoms with Crippen molar-refractivity contribution in [1.82, 2.24) is 15.2 Å². The summed E-state index contributed by atoms with van der Waals surface area (Å²) in [6.07, 6.45) is 3.28. The summed E-state index contributed by atoms with van der Waals surface area (Å²) < 4.78 is 25.0. The van der Waals surface area contributed by atoms with Crippen molar-refractivity contribution in [2.45, 2.75) is 0 Å². The molecule has 1 N–H and O–H groups in total. The van der Waals surface area contributed by atoms with Crippen molar-refractivity contribution in [3.05, 3.63) is 42.5 Å². The number of nitrogens with one attached hydrogen (secondary N) is 1. The molecule has 0 bridgehead atoms. The number of aromatic amines is 1. The number of halogens is 1. The minimum absolute atomic E-state index is 0.209. The minimum atomic E-state index is -0.426. The average Bonchev–Trinajstić information content (AvgIpc) is 3.24. The Morgan fingerprint density at radius 1 is 1.36 bits per heavy atom. The standard InChI is InChI=1S/C15H10FN3O2S/c1-20-12-6-13-10(5-9(12)16)18-15(22-13)8-7-17-19-14(8)11-3-2-4-21-11/h2-7H,1H3,(H,17,19). The Balaban J connectivity index is 1.87. The zero-order valence-electron chi connectivity index (χ0n) is 11.5. The lowest BCUT2D eigenvalue weighted by Crippen LogP contribution is -1.86. The van der Waals surface area contributed by atoms with Crippen LogP contribution in [0, 0.1) is 5.82 Å². The number of hydrogen-bond donors (Lipinski definition) is 1. The third kappa shape index (κ3) is 1.98. The van der Waals surface area contributed by atoms with Gasteiger partial charge in [0.15, 0.2) is 17.3 Å². The molecule has 0 spiro atoms. The Labute approximate surface area is 128 Å². The molecule has 3 heterocycles. The molecule has 22 heavy (non-hydrogen) atoms. The van der Waals surface area contributed by atoms with Crippen LogP contribution in [0.25, 0.3) is 32.2 Å². The van der Waals surface area contributed by atoms with Crippen molar-refractivity contribution in [2.24, 2.45) is 0 Å². The second-order valence-corrected chi connectivity index (χ2v) is 5.64. The number of fused-ring (bicyclic) bond motifs is 1. The maximum Gasteiger partial charge on any atom is 0.167 e. The molecule has 0 aliphatic rings. The van der Waals surface area contributed by atoms with E-state index in [0.29, 0.717) is 11.3 Å². The molecule has 5 nitrogen and oxygen atoms in total. The lowest BCUT2D eigenvalue weighted by Gasteiger charge is -1.99. The van der Waals surface area contributed by atoms with E-state index in [-0.39, 0.29) is 5.75 Å². The number of nitrogens with zero attached hydrogens (tertiary/aromatic N) is 2. The zero-order valence-corrected chi connectivity index (χ0v) is 12.3. The van der Waals surface area contributed by atoms with Gasteiger partial charge in [-0.3, -0.25) is 5.10 Å². The molecule has 0 radical (unpaired) electrons. The number of thiazole rings is 1. The number of H-pyrrole nitrogens is 1. The molecule has 4 rings (SSSR count). The van der Waals surface area contributed by atoms with Crippen molar-refractivity contribution in [1.29, 1.82) is 0 Å². The summed E-state index contributed by atoms with van der Waals surface area (Å²) in [6, 6.07) is 6.67. The first kappa shape index (κ1) is 13.0. The normalized spacial score (nSPS) is 11.2. The van der Waals surface area contributed by atoms with Gasteiger partial charge in [-0.05, 0) is 12.1 Å². The number of rotatable bonds is 3. The third-order valence-corrected chi connectivity index (χ3v) is 4.35. The van der Waals surface area contributed by atoms with Gasteiger partial charge in [0.05, 0.1) is 35.3 Å². The highest BCUT2D eigenvalue weighted by Crippen LogP contribution is 2.37. The predicted molar refractivity (Wildman–Crippen MR) is 81.4 cm³/mol. The quantitative estimate of drug-likeness (QED) is 0.618. The van der Waals surface area contributed by atoms with E-state index in [0.717, 1.165) is 21.0 Å². The maximum absolute atomic E-state index is 13.8. The Kier molecular flexibility index (Phi) is 2.93. The highest BCUT2D eigenvalue weighted by molar-refractivity contribution is 7.21. The summed E-state index contributed by atoms with van der Waals surface area (Å²) in [4.78, 5) is 4.48. The molecule has 7 heteroatoms. The number of methoxy groups -OCH3 is 1. The summed E-state index contributed by atoms with van der Waals surface area (Å²) in [6.45, 7) is 0. The van der Waals surface area contributed by atoms with E-state index in [1.165, 1.54) is 24.5 Å². The molecule has 4 aromatic rings. The van der Waals surface area contributed by atoms with Crippen molar-refractivity contribution in [3.8, 4) is 27.8 Å². The van der Waals surface area contributed by atoms with Gasteiger partial charge in [0.2, 0.25) is 0 Å². The van der Waals surface area contributed by atoms with E-state index in [1.807, 2.05) is 6.07 Å². The number of hydrogen-bond acceptors (Lipinski definition) is 5. The predicted octanol–water partition coefficient (Wildman–Crippen LogP) is 4.09. The molecule has 0 atom stereocenters. The first-order valence-electron chi connectivity index (χ1n) is 6.48. The summed E-state index contributed by atoms with van der Waals surface area (Å²) >= 11 is 1.45. The third-order valence-electron chi connectivity index (χ3n) is 3.30. The summed E-state index contributed by atoms with van der Waals surface area (Å²) in [5.74, 6) is 0.460. The van der Waals surface area contributed by atoms with Gasteiger partial charge in [-0.2, -0.15) is 5.10 Å². The SMILES string of the molecule is COc1cc2sc(-c3cn[nH]c3-c3ccco3)nc2cc1F. The maximum atomic E-state index is 13.8. The number of benzene rings is 1. The van der Waals surface area contributed by atoms with Crippen LogP contribution in [0.1, 0.15) is 0 Å². The summed E-state index contributed by atoms with van der Waals surface area (Å²) in [7, 11) is 1.44. The van der Waals surface area contributed by atoms with Crippen molar-refractivity contribution >= 4 is 21.6 Å². The lowest BCUT2D eigenvalue weighted by molar-refractivity contribution is 0.387. The van der Waals surface area contributed by atoms with Gasteiger partial charge >= 0.3 is 0 Å². The summed E-state index contributed by atoms with van der Waals surface area (Å²) in [5, 5.41) is 7.71. The first-order chi connectivity index (χ1) is 10.8. The van der Waals surface area contributed by atoms with E-state index >= 15 is 0 Å².